The molecule has 1 aliphatic rings. The average molecular weight is 332 g/mol. The monoisotopic (exact) mass is 331 g/mol. The van der Waals surface area contributed by atoms with Gasteiger partial charge >= 0.3 is 0 Å². The lowest BCUT2D eigenvalue weighted by Gasteiger charge is -2.33. The molecule has 2 aromatic rings. The number of anilines is 1. The zero-order chi connectivity index (χ0) is 16.2. The van der Waals surface area contributed by atoms with E-state index in [1.54, 1.807) is 12.1 Å². The van der Waals surface area contributed by atoms with Crippen molar-refractivity contribution in [2.75, 3.05) is 18.1 Å². The first-order chi connectivity index (χ1) is 11.2. The molecular weight excluding hydrogens is 314 g/mol. The van der Waals surface area contributed by atoms with E-state index in [-0.39, 0.29) is 5.84 Å². The lowest BCUT2D eigenvalue weighted by molar-refractivity contribution is 0.307. The van der Waals surface area contributed by atoms with E-state index in [0.29, 0.717) is 22.9 Å². The molecule has 0 saturated heterocycles. The van der Waals surface area contributed by atoms with Crippen LogP contribution in [0, 0.1) is 0 Å². The summed E-state index contributed by atoms with van der Waals surface area (Å²) in [6.45, 7) is 2.08. The maximum absolute atomic E-state index is 6.17. The van der Waals surface area contributed by atoms with E-state index in [1.165, 1.54) is 5.56 Å². The minimum absolute atomic E-state index is 0.259. The third kappa shape index (κ3) is 3.33. The summed E-state index contributed by atoms with van der Waals surface area (Å²) in [6.07, 6.45) is 0. The first-order valence-corrected chi connectivity index (χ1v) is 7.61. The topological polar surface area (TPSA) is 88.9 Å². The predicted molar refractivity (Wildman–Crippen MR) is 92.5 cm³/mol. The van der Waals surface area contributed by atoms with Crippen molar-refractivity contribution in [3.05, 3.63) is 58.6 Å². The SMILES string of the molecule is NN/N=C(\N)c1cc(Cl)cc2c1N(Cc1ccccc1)CCO2. The number of benzene rings is 2. The van der Waals surface area contributed by atoms with Gasteiger partial charge in [-0.05, 0) is 11.6 Å². The van der Waals surface area contributed by atoms with Gasteiger partial charge in [0, 0.05) is 23.2 Å². The highest BCUT2D eigenvalue weighted by Crippen LogP contribution is 2.38. The minimum Gasteiger partial charge on any atom is -0.489 e. The van der Waals surface area contributed by atoms with Gasteiger partial charge in [0.1, 0.15) is 12.4 Å². The number of halogens is 1. The summed E-state index contributed by atoms with van der Waals surface area (Å²) < 4.78 is 5.75. The number of hydrazine groups is 1. The molecule has 0 bridgehead atoms. The van der Waals surface area contributed by atoms with Crippen molar-refractivity contribution in [2.24, 2.45) is 16.7 Å². The molecule has 1 heterocycles. The molecule has 0 radical (unpaired) electrons. The van der Waals surface area contributed by atoms with Gasteiger partial charge in [-0.3, -0.25) is 0 Å². The molecule has 0 unspecified atom stereocenters. The van der Waals surface area contributed by atoms with E-state index < -0.39 is 0 Å². The molecule has 0 aromatic heterocycles. The van der Waals surface area contributed by atoms with Crippen molar-refractivity contribution in [2.45, 2.75) is 6.54 Å². The van der Waals surface area contributed by atoms with Crippen LogP contribution >= 0.6 is 11.6 Å². The molecule has 6 nitrogen and oxygen atoms in total. The number of nitrogens with one attached hydrogen (secondary N) is 1. The normalized spacial score (nSPS) is 14.2. The molecule has 3 rings (SSSR count). The number of nitrogens with zero attached hydrogens (tertiary/aromatic N) is 2. The second kappa shape index (κ2) is 6.76. The van der Waals surface area contributed by atoms with Crippen LogP contribution in [0.25, 0.3) is 0 Å². The molecule has 1 aliphatic heterocycles. The number of hydrogen-bond donors (Lipinski definition) is 3. The maximum Gasteiger partial charge on any atom is 0.154 e. The van der Waals surface area contributed by atoms with Crippen LogP contribution in [0.5, 0.6) is 5.75 Å². The number of hydrazone groups is 1. The molecule has 2 aromatic carbocycles. The first-order valence-electron chi connectivity index (χ1n) is 7.23. The fourth-order valence-electron chi connectivity index (χ4n) is 2.67. The van der Waals surface area contributed by atoms with Crippen LogP contribution < -0.4 is 26.7 Å². The molecule has 0 aliphatic carbocycles. The fourth-order valence-corrected chi connectivity index (χ4v) is 2.88. The lowest BCUT2D eigenvalue weighted by atomic mass is 10.1. The predicted octanol–water partition coefficient (Wildman–Crippen LogP) is 1.82. The summed E-state index contributed by atoms with van der Waals surface area (Å²) >= 11 is 6.17. The Hall–Kier alpha value is -2.44. The van der Waals surface area contributed by atoms with E-state index in [0.717, 1.165) is 18.8 Å². The lowest BCUT2D eigenvalue weighted by Crippen LogP contribution is -2.35. The highest BCUT2D eigenvalue weighted by molar-refractivity contribution is 6.31. The summed E-state index contributed by atoms with van der Waals surface area (Å²) in [7, 11) is 0. The highest BCUT2D eigenvalue weighted by Gasteiger charge is 2.24. The highest BCUT2D eigenvalue weighted by atomic mass is 35.5. The molecule has 0 spiro atoms. The van der Waals surface area contributed by atoms with Crippen LogP contribution in [-0.4, -0.2) is 19.0 Å². The van der Waals surface area contributed by atoms with Gasteiger partial charge < -0.3 is 15.4 Å². The van der Waals surface area contributed by atoms with Crippen LogP contribution in [0.1, 0.15) is 11.1 Å². The van der Waals surface area contributed by atoms with Crippen LogP contribution in [0.2, 0.25) is 5.02 Å². The zero-order valence-electron chi connectivity index (χ0n) is 12.5. The summed E-state index contributed by atoms with van der Waals surface area (Å²) in [5.74, 6) is 6.20. The summed E-state index contributed by atoms with van der Waals surface area (Å²) in [5, 5.41) is 4.40. The Balaban J connectivity index is 2.04. The largest absolute Gasteiger partial charge is 0.489 e. The summed E-state index contributed by atoms with van der Waals surface area (Å²) in [5.41, 5.74) is 11.0. The Bertz CT molecular complexity index is 720. The Morgan fingerprint density at radius 3 is 2.83 bits per heavy atom. The van der Waals surface area contributed by atoms with Crippen LogP contribution in [-0.2, 0) is 6.54 Å². The van der Waals surface area contributed by atoms with Gasteiger partial charge in [-0.1, -0.05) is 41.9 Å². The summed E-state index contributed by atoms with van der Waals surface area (Å²) in [6, 6.07) is 13.8. The van der Waals surface area contributed by atoms with E-state index in [1.807, 2.05) is 18.2 Å². The van der Waals surface area contributed by atoms with Crippen molar-refractivity contribution in [3.63, 3.8) is 0 Å². The van der Waals surface area contributed by atoms with E-state index in [2.05, 4.69) is 27.7 Å². The Morgan fingerprint density at radius 2 is 2.09 bits per heavy atom. The first kappa shape index (κ1) is 15.5. The number of amidine groups is 1. The van der Waals surface area contributed by atoms with Gasteiger partial charge in [0.2, 0.25) is 0 Å². The Morgan fingerprint density at radius 1 is 1.30 bits per heavy atom. The van der Waals surface area contributed by atoms with Crippen molar-refractivity contribution < 1.29 is 4.74 Å². The molecule has 0 amide bonds. The number of fused-ring (bicyclic) bond motifs is 1. The van der Waals surface area contributed by atoms with Crippen LogP contribution in [0.3, 0.4) is 0 Å². The molecule has 0 fully saturated rings. The molecular formula is C16H18ClN5O. The van der Waals surface area contributed by atoms with Crippen molar-refractivity contribution in [1.82, 2.24) is 5.53 Å². The van der Waals surface area contributed by atoms with Crippen molar-refractivity contribution in [1.29, 1.82) is 0 Å². The minimum atomic E-state index is 0.259. The van der Waals surface area contributed by atoms with E-state index in [4.69, 9.17) is 27.9 Å². The van der Waals surface area contributed by atoms with E-state index in [9.17, 15) is 0 Å². The van der Waals surface area contributed by atoms with E-state index >= 15 is 0 Å². The number of ether oxygens (including phenoxy) is 1. The summed E-state index contributed by atoms with van der Waals surface area (Å²) in [4.78, 5) is 2.21. The molecule has 5 N–H and O–H groups in total. The molecule has 7 heteroatoms. The second-order valence-electron chi connectivity index (χ2n) is 5.18. The average Bonchev–Trinajstić information content (AvgIpc) is 2.55. The quantitative estimate of drug-likeness (QED) is 0.344. The van der Waals surface area contributed by atoms with Gasteiger partial charge in [0.15, 0.2) is 5.84 Å². The van der Waals surface area contributed by atoms with Gasteiger partial charge in [0.25, 0.3) is 0 Å². The van der Waals surface area contributed by atoms with Crippen molar-refractivity contribution >= 4 is 23.1 Å². The third-order valence-corrected chi connectivity index (χ3v) is 3.87. The van der Waals surface area contributed by atoms with Crippen molar-refractivity contribution in [3.8, 4) is 5.75 Å². The number of rotatable bonds is 4. The maximum atomic E-state index is 6.17. The molecule has 0 saturated carbocycles. The molecule has 23 heavy (non-hydrogen) atoms. The number of nitrogens with two attached hydrogens (primary N) is 2. The smallest absolute Gasteiger partial charge is 0.154 e. The standard InChI is InChI=1S/C16H18ClN5O/c17-12-8-13(16(18)20-21-19)15-14(9-12)23-7-6-22(15)10-11-4-2-1-3-5-11/h1-5,8-9,21H,6-7,10,19H2,(H2,18,20). The molecule has 120 valence electrons. The second-order valence-corrected chi connectivity index (χ2v) is 5.62. The zero-order valence-corrected chi connectivity index (χ0v) is 13.3. The van der Waals surface area contributed by atoms with Gasteiger partial charge in [-0.2, -0.15) is 0 Å². The third-order valence-electron chi connectivity index (χ3n) is 3.65. The molecule has 0 atom stereocenters. The van der Waals surface area contributed by atoms with Gasteiger partial charge in [-0.15, -0.1) is 5.10 Å². The van der Waals surface area contributed by atoms with Crippen LogP contribution in [0.15, 0.2) is 47.6 Å². The van der Waals surface area contributed by atoms with Crippen LogP contribution in [0.4, 0.5) is 5.69 Å². The van der Waals surface area contributed by atoms with Gasteiger partial charge in [0.05, 0.1) is 12.2 Å². The number of hydrogen-bond acceptors (Lipinski definition) is 5. The Labute approximate surface area is 139 Å². The fraction of sp³-hybridized carbons (Fsp3) is 0.188. The van der Waals surface area contributed by atoms with Gasteiger partial charge in [-0.25, -0.2) is 11.4 Å². The Kier molecular flexibility index (Phi) is 4.55.